The van der Waals surface area contributed by atoms with Crippen molar-refractivity contribution in [2.45, 2.75) is 19.3 Å². The van der Waals surface area contributed by atoms with Crippen LogP contribution in [0.15, 0.2) is 0 Å². The van der Waals surface area contributed by atoms with Crippen LogP contribution in [0, 0.1) is 17.8 Å². The molecule has 1 aliphatic heterocycles. The van der Waals surface area contributed by atoms with E-state index in [0.29, 0.717) is 24.0 Å². The van der Waals surface area contributed by atoms with Crippen molar-refractivity contribution < 1.29 is 8.42 Å². The summed E-state index contributed by atoms with van der Waals surface area (Å²) in [6.07, 6.45) is 2.42. The number of hydrogen-bond acceptors (Lipinski definition) is 3. The molecule has 1 heterocycles. The fourth-order valence-electron chi connectivity index (χ4n) is 1.51. The molecule has 1 saturated heterocycles. The molecule has 0 atom stereocenters. The molecule has 3 nitrogen and oxygen atoms in total. The maximum atomic E-state index is 11.1. The highest BCUT2D eigenvalue weighted by atomic mass is 32.2. The van der Waals surface area contributed by atoms with Gasteiger partial charge in [0.1, 0.15) is 9.84 Å². The predicted molar refractivity (Wildman–Crippen MR) is 57.7 cm³/mol. The van der Waals surface area contributed by atoms with Crippen molar-refractivity contribution >= 4 is 9.84 Å². The van der Waals surface area contributed by atoms with E-state index >= 15 is 0 Å². The Labute approximate surface area is 86.2 Å². The van der Waals surface area contributed by atoms with Gasteiger partial charge in [-0.2, -0.15) is 0 Å². The van der Waals surface area contributed by atoms with Crippen molar-refractivity contribution in [3.63, 3.8) is 0 Å². The predicted octanol–water partition coefficient (Wildman–Crippen LogP) is 0.424. The van der Waals surface area contributed by atoms with E-state index in [4.69, 9.17) is 0 Å². The Morgan fingerprint density at radius 2 is 1.93 bits per heavy atom. The first-order valence-corrected chi connectivity index (χ1v) is 6.77. The lowest BCUT2D eigenvalue weighted by Crippen LogP contribution is -2.22. The van der Waals surface area contributed by atoms with Crippen molar-refractivity contribution in [1.82, 2.24) is 5.32 Å². The molecule has 1 aliphatic rings. The average molecular weight is 215 g/mol. The first kappa shape index (κ1) is 11.5. The Morgan fingerprint density at radius 3 is 2.50 bits per heavy atom. The lowest BCUT2D eigenvalue weighted by molar-refractivity contribution is 0.475. The van der Waals surface area contributed by atoms with Gasteiger partial charge in [-0.1, -0.05) is 5.92 Å². The lowest BCUT2D eigenvalue weighted by Gasteiger charge is -2.19. The van der Waals surface area contributed by atoms with Gasteiger partial charge in [0.15, 0.2) is 0 Å². The molecule has 1 rings (SSSR count). The zero-order valence-electron chi connectivity index (χ0n) is 8.54. The zero-order chi connectivity index (χ0) is 10.4. The third kappa shape index (κ3) is 4.12. The van der Waals surface area contributed by atoms with Gasteiger partial charge in [-0.15, -0.1) is 5.92 Å². The molecule has 0 aliphatic carbocycles. The van der Waals surface area contributed by atoms with Gasteiger partial charge in [-0.3, -0.25) is 0 Å². The topological polar surface area (TPSA) is 46.2 Å². The van der Waals surface area contributed by atoms with Crippen LogP contribution in [0.3, 0.4) is 0 Å². The molecule has 0 unspecified atom stereocenters. The summed E-state index contributed by atoms with van der Waals surface area (Å²) in [5.41, 5.74) is 0. The van der Waals surface area contributed by atoms with E-state index in [-0.39, 0.29) is 0 Å². The number of nitrogens with one attached hydrogen (secondary N) is 1. The fourth-order valence-corrected chi connectivity index (χ4v) is 3.10. The molecule has 1 N–H and O–H groups in total. The Balaban J connectivity index is 2.27. The van der Waals surface area contributed by atoms with E-state index in [1.54, 1.807) is 0 Å². The summed E-state index contributed by atoms with van der Waals surface area (Å²) in [7, 11) is -0.849. The van der Waals surface area contributed by atoms with Gasteiger partial charge in [0.05, 0.1) is 18.1 Å². The van der Waals surface area contributed by atoms with Gasteiger partial charge in [-0.25, -0.2) is 8.42 Å². The lowest BCUT2D eigenvalue weighted by atomic mass is 9.99. The highest BCUT2D eigenvalue weighted by Crippen LogP contribution is 2.21. The first-order chi connectivity index (χ1) is 6.64. The summed E-state index contributed by atoms with van der Waals surface area (Å²) < 4.78 is 22.3. The Hall–Kier alpha value is -0.530. The van der Waals surface area contributed by atoms with Crippen LogP contribution < -0.4 is 5.32 Å². The molecule has 1 fully saturated rings. The first-order valence-electron chi connectivity index (χ1n) is 4.95. The molecule has 80 valence electrons. The SMILES string of the molecule is CNCC#CCC1CCS(=O)(=O)CC1. The van der Waals surface area contributed by atoms with E-state index < -0.39 is 9.84 Å². The van der Waals surface area contributed by atoms with E-state index in [2.05, 4.69) is 17.2 Å². The standard InChI is InChI=1S/C10H17NO2S/c1-11-7-3-2-4-10-5-8-14(12,13)9-6-10/h10-11H,4-9H2,1H3. The largest absolute Gasteiger partial charge is 0.309 e. The van der Waals surface area contributed by atoms with Crippen LogP contribution in [0.1, 0.15) is 19.3 Å². The molecule has 0 saturated carbocycles. The Morgan fingerprint density at radius 1 is 1.29 bits per heavy atom. The second kappa shape index (κ2) is 5.38. The van der Waals surface area contributed by atoms with Gasteiger partial charge in [0, 0.05) is 6.42 Å². The molecule has 0 aromatic heterocycles. The average Bonchev–Trinajstić information content (AvgIpc) is 2.15. The summed E-state index contributed by atoms with van der Waals surface area (Å²) in [6, 6.07) is 0. The maximum Gasteiger partial charge on any atom is 0.150 e. The summed E-state index contributed by atoms with van der Waals surface area (Å²) in [5.74, 6) is 7.26. The number of sulfone groups is 1. The molecular formula is C10H17NO2S. The quantitative estimate of drug-likeness (QED) is 0.679. The van der Waals surface area contributed by atoms with E-state index in [1.807, 2.05) is 7.05 Å². The maximum absolute atomic E-state index is 11.1. The highest BCUT2D eigenvalue weighted by Gasteiger charge is 2.22. The minimum absolute atomic E-state index is 0.353. The van der Waals surface area contributed by atoms with Crippen molar-refractivity contribution in [2.24, 2.45) is 5.92 Å². The monoisotopic (exact) mass is 215 g/mol. The molecular weight excluding hydrogens is 198 g/mol. The highest BCUT2D eigenvalue weighted by molar-refractivity contribution is 7.91. The molecule has 4 heteroatoms. The molecule has 0 spiro atoms. The third-order valence-corrected chi connectivity index (χ3v) is 4.17. The summed E-state index contributed by atoms with van der Waals surface area (Å²) in [6.45, 7) is 0.713. The summed E-state index contributed by atoms with van der Waals surface area (Å²) in [4.78, 5) is 0. The Kier molecular flexibility index (Phi) is 4.43. The third-order valence-electron chi connectivity index (χ3n) is 2.46. The normalized spacial score (nSPS) is 21.2. The van der Waals surface area contributed by atoms with Gasteiger partial charge < -0.3 is 5.32 Å². The smallest absolute Gasteiger partial charge is 0.150 e. The molecule has 0 radical (unpaired) electrons. The van der Waals surface area contributed by atoms with Crippen molar-refractivity contribution in [2.75, 3.05) is 25.1 Å². The number of hydrogen-bond donors (Lipinski definition) is 1. The van der Waals surface area contributed by atoms with Crippen LogP contribution in [0.25, 0.3) is 0 Å². The van der Waals surface area contributed by atoms with Gasteiger partial charge in [0.25, 0.3) is 0 Å². The van der Waals surface area contributed by atoms with E-state index in [1.165, 1.54) is 0 Å². The van der Waals surface area contributed by atoms with Crippen molar-refractivity contribution in [3.05, 3.63) is 0 Å². The molecule has 14 heavy (non-hydrogen) atoms. The second-order valence-electron chi connectivity index (χ2n) is 3.68. The zero-order valence-corrected chi connectivity index (χ0v) is 9.36. The van der Waals surface area contributed by atoms with Crippen molar-refractivity contribution in [1.29, 1.82) is 0 Å². The number of rotatable bonds is 2. The molecule has 0 aromatic carbocycles. The van der Waals surface area contributed by atoms with Gasteiger partial charge >= 0.3 is 0 Å². The van der Waals surface area contributed by atoms with E-state index in [0.717, 1.165) is 19.3 Å². The van der Waals surface area contributed by atoms with Crippen LogP contribution in [-0.2, 0) is 9.84 Å². The summed E-state index contributed by atoms with van der Waals surface area (Å²) in [5, 5.41) is 2.95. The fraction of sp³-hybridized carbons (Fsp3) is 0.800. The molecule has 0 bridgehead atoms. The van der Waals surface area contributed by atoms with Crippen molar-refractivity contribution in [3.8, 4) is 11.8 Å². The van der Waals surface area contributed by atoms with Crippen LogP contribution in [0.4, 0.5) is 0 Å². The second-order valence-corrected chi connectivity index (χ2v) is 5.99. The van der Waals surface area contributed by atoms with Gasteiger partial charge in [0.2, 0.25) is 0 Å². The van der Waals surface area contributed by atoms with Gasteiger partial charge in [-0.05, 0) is 25.8 Å². The van der Waals surface area contributed by atoms with Crippen LogP contribution in [0.5, 0.6) is 0 Å². The molecule has 0 amide bonds. The summed E-state index contributed by atoms with van der Waals surface area (Å²) >= 11 is 0. The minimum Gasteiger partial charge on any atom is -0.309 e. The van der Waals surface area contributed by atoms with Crippen LogP contribution in [-0.4, -0.2) is 33.5 Å². The Bertz CT molecular complexity index is 310. The minimum atomic E-state index is -2.71. The van der Waals surface area contributed by atoms with E-state index in [9.17, 15) is 8.42 Å². The van der Waals surface area contributed by atoms with Crippen LogP contribution in [0.2, 0.25) is 0 Å². The molecule has 0 aromatic rings. The van der Waals surface area contributed by atoms with Crippen LogP contribution >= 0.6 is 0 Å².